The van der Waals surface area contributed by atoms with Gasteiger partial charge in [-0.25, -0.2) is 4.98 Å². The van der Waals surface area contributed by atoms with Crippen LogP contribution in [0.5, 0.6) is 0 Å². The second kappa shape index (κ2) is 7.23. The number of pyridine rings is 1. The predicted octanol–water partition coefficient (Wildman–Crippen LogP) is 2.75. The summed E-state index contributed by atoms with van der Waals surface area (Å²) in [5.41, 5.74) is 1.57. The first kappa shape index (κ1) is 16.8. The number of nitrogens with zero attached hydrogens (tertiary/aromatic N) is 3. The first-order valence-corrected chi connectivity index (χ1v) is 8.20. The highest BCUT2D eigenvalue weighted by atomic mass is 35.5. The molecular formula is C17H20ClN3O3. The van der Waals surface area contributed by atoms with Crippen molar-refractivity contribution in [1.82, 2.24) is 9.88 Å². The largest absolute Gasteiger partial charge is 0.469 e. The van der Waals surface area contributed by atoms with Gasteiger partial charge in [0.15, 0.2) is 0 Å². The molecule has 3 rings (SSSR count). The molecule has 128 valence electrons. The summed E-state index contributed by atoms with van der Waals surface area (Å²) in [6, 6.07) is 3.61. The number of carbonyl (C=O) groups excluding carboxylic acids is 1. The average molecular weight is 350 g/mol. The highest BCUT2D eigenvalue weighted by Gasteiger charge is 2.20. The van der Waals surface area contributed by atoms with Crippen LogP contribution in [0.4, 0.5) is 5.82 Å². The van der Waals surface area contributed by atoms with E-state index in [4.69, 9.17) is 20.8 Å². The van der Waals surface area contributed by atoms with Crippen molar-refractivity contribution in [1.29, 1.82) is 0 Å². The van der Waals surface area contributed by atoms with Crippen LogP contribution < -0.4 is 4.90 Å². The molecule has 1 aliphatic heterocycles. The molecule has 2 aromatic heterocycles. The summed E-state index contributed by atoms with van der Waals surface area (Å²) in [5.74, 6) is 1.44. The quantitative estimate of drug-likeness (QED) is 0.849. The lowest BCUT2D eigenvalue weighted by Gasteiger charge is -2.27. The van der Waals surface area contributed by atoms with Gasteiger partial charge in [-0.15, -0.1) is 0 Å². The van der Waals surface area contributed by atoms with Crippen LogP contribution in [0.3, 0.4) is 0 Å². The van der Waals surface area contributed by atoms with Gasteiger partial charge < -0.3 is 19.0 Å². The number of hydrogen-bond donors (Lipinski definition) is 0. The number of morpholine rings is 1. The molecule has 0 spiro atoms. The van der Waals surface area contributed by atoms with Gasteiger partial charge in [0, 0.05) is 38.4 Å². The second-order valence-corrected chi connectivity index (χ2v) is 6.20. The van der Waals surface area contributed by atoms with Crippen LogP contribution >= 0.6 is 11.6 Å². The summed E-state index contributed by atoms with van der Waals surface area (Å²) in [4.78, 5) is 20.6. The van der Waals surface area contributed by atoms with Crippen LogP contribution in [-0.2, 0) is 11.3 Å². The summed E-state index contributed by atoms with van der Waals surface area (Å²) >= 11 is 6.36. The van der Waals surface area contributed by atoms with Crippen molar-refractivity contribution in [3.05, 3.63) is 46.5 Å². The van der Waals surface area contributed by atoms with Crippen molar-refractivity contribution in [3.8, 4) is 0 Å². The second-order valence-electron chi connectivity index (χ2n) is 5.79. The lowest BCUT2D eigenvalue weighted by Crippen LogP contribution is -2.40. The first-order valence-electron chi connectivity index (χ1n) is 7.83. The molecule has 0 unspecified atom stereocenters. The van der Waals surface area contributed by atoms with Crippen LogP contribution in [0.15, 0.2) is 29.0 Å². The molecular weight excluding hydrogens is 330 g/mol. The molecule has 7 heteroatoms. The number of anilines is 1. The molecule has 2 aromatic rings. The van der Waals surface area contributed by atoms with E-state index in [2.05, 4.69) is 4.98 Å². The average Bonchev–Trinajstić information content (AvgIpc) is 2.99. The van der Waals surface area contributed by atoms with E-state index < -0.39 is 0 Å². The van der Waals surface area contributed by atoms with Gasteiger partial charge in [0.05, 0.1) is 30.1 Å². The van der Waals surface area contributed by atoms with Crippen molar-refractivity contribution in [2.24, 2.45) is 0 Å². The van der Waals surface area contributed by atoms with Crippen molar-refractivity contribution in [2.45, 2.75) is 13.5 Å². The summed E-state index contributed by atoms with van der Waals surface area (Å²) in [7, 11) is 1.91. The maximum absolute atomic E-state index is 12.5. The van der Waals surface area contributed by atoms with Gasteiger partial charge in [-0.3, -0.25) is 4.79 Å². The monoisotopic (exact) mass is 349 g/mol. The van der Waals surface area contributed by atoms with Gasteiger partial charge in [0.1, 0.15) is 11.6 Å². The Morgan fingerprint density at radius 3 is 2.79 bits per heavy atom. The number of carbonyl (C=O) groups is 1. The van der Waals surface area contributed by atoms with Crippen molar-refractivity contribution >= 4 is 23.3 Å². The zero-order valence-electron chi connectivity index (χ0n) is 13.8. The summed E-state index contributed by atoms with van der Waals surface area (Å²) < 4.78 is 10.6. The molecule has 1 fully saturated rings. The fourth-order valence-electron chi connectivity index (χ4n) is 2.68. The molecule has 0 saturated carbocycles. The van der Waals surface area contributed by atoms with E-state index in [0.717, 1.165) is 11.3 Å². The van der Waals surface area contributed by atoms with E-state index in [-0.39, 0.29) is 5.91 Å². The Hall–Kier alpha value is -2.05. The van der Waals surface area contributed by atoms with E-state index >= 15 is 0 Å². The van der Waals surface area contributed by atoms with Gasteiger partial charge in [0.2, 0.25) is 0 Å². The van der Waals surface area contributed by atoms with E-state index in [1.807, 2.05) is 24.9 Å². The Bertz CT molecular complexity index is 726. The number of furan rings is 1. The van der Waals surface area contributed by atoms with Crippen LogP contribution in [-0.4, -0.2) is 49.1 Å². The van der Waals surface area contributed by atoms with Crippen molar-refractivity contribution in [2.75, 3.05) is 38.3 Å². The van der Waals surface area contributed by atoms with Crippen molar-refractivity contribution in [3.63, 3.8) is 0 Å². The molecule has 6 nitrogen and oxygen atoms in total. The predicted molar refractivity (Wildman–Crippen MR) is 91.5 cm³/mol. The minimum Gasteiger partial charge on any atom is -0.469 e. The molecule has 3 heterocycles. The summed E-state index contributed by atoms with van der Waals surface area (Å²) in [6.45, 7) is 4.87. The topological polar surface area (TPSA) is 58.8 Å². The SMILES string of the molecule is Cc1occc1CN(C)c1ncc(C(=O)N2CCOCC2)cc1Cl. The number of halogens is 1. The maximum atomic E-state index is 12.5. The first-order chi connectivity index (χ1) is 11.6. The highest BCUT2D eigenvalue weighted by Crippen LogP contribution is 2.26. The van der Waals surface area contributed by atoms with Gasteiger partial charge in [-0.1, -0.05) is 11.6 Å². The fraction of sp³-hybridized carbons (Fsp3) is 0.412. The van der Waals surface area contributed by atoms with Gasteiger partial charge >= 0.3 is 0 Å². The number of ether oxygens (including phenoxy) is 1. The van der Waals surface area contributed by atoms with Gasteiger partial charge in [0.25, 0.3) is 5.91 Å². The number of amides is 1. The van der Waals surface area contributed by atoms with Crippen molar-refractivity contribution < 1.29 is 13.9 Å². The molecule has 0 aliphatic carbocycles. The third kappa shape index (κ3) is 3.55. The number of aromatic nitrogens is 1. The van der Waals surface area contributed by atoms with E-state index in [1.54, 1.807) is 23.4 Å². The molecule has 0 bridgehead atoms. The third-order valence-electron chi connectivity index (χ3n) is 4.10. The molecule has 1 saturated heterocycles. The summed E-state index contributed by atoms with van der Waals surface area (Å²) in [6.07, 6.45) is 3.25. The summed E-state index contributed by atoms with van der Waals surface area (Å²) in [5, 5.41) is 0.456. The smallest absolute Gasteiger partial charge is 0.255 e. The molecule has 0 atom stereocenters. The zero-order valence-corrected chi connectivity index (χ0v) is 14.5. The molecule has 0 aromatic carbocycles. The Morgan fingerprint density at radius 2 is 2.17 bits per heavy atom. The fourth-order valence-corrected chi connectivity index (χ4v) is 2.99. The van der Waals surface area contributed by atoms with E-state index in [9.17, 15) is 4.79 Å². The molecule has 0 N–H and O–H groups in total. The van der Waals surface area contributed by atoms with E-state index in [1.165, 1.54) is 0 Å². The Morgan fingerprint density at radius 1 is 1.42 bits per heavy atom. The van der Waals surface area contributed by atoms with Crippen LogP contribution in [0, 0.1) is 6.92 Å². The van der Waals surface area contributed by atoms with Crippen LogP contribution in [0.25, 0.3) is 0 Å². The standard InChI is InChI=1S/C17H20ClN3O3/c1-12-13(3-6-24-12)11-20(2)16-15(18)9-14(10-19-16)17(22)21-4-7-23-8-5-21/h3,6,9-10H,4-5,7-8,11H2,1-2H3. The number of aryl methyl sites for hydroxylation is 1. The normalized spacial score (nSPS) is 14.7. The Labute approximate surface area is 146 Å². The Balaban J connectivity index is 1.74. The van der Waals surface area contributed by atoms with Gasteiger partial charge in [-0.05, 0) is 19.1 Å². The van der Waals surface area contributed by atoms with Gasteiger partial charge in [-0.2, -0.15) is 0 Å². The third-order valence-corrected chi connectivity index (χ3v) is 4.38. The molecule has 1 aliphatic rings. The van der Waals surface area contributed by atoms with E-state index in [0.29, 0.717) is 49.3 Å². The van der Waals surface area contributed by atoms with Crippen LogP contribution in [0.1, 0.15) is 21.7 Å². The maximum Gasteiger partial charge on any atom is 0.255 e. The molecule has 24 heavy (non-hydrogen) atoms. The lowest BCUT2D eigenvalue weighted by atomic mass is 10.2. The molecule has 1 amide bonds. The lowest BCUT2D eigenvalue weighted by molar-refractivity contribution is 0.0302. The minimum atomic E-state index is -0.0624. The zero-order chi connectivity index (χ0) is 17.1. The number of hydrogen-bond acceptors (Lipinski definition) is 5. The highest BCUT2D eigenvalue weighted by molar-refractivity contribution is 6.33. The molecule has 0 radical (unpaired) electrons. The number of rotatable bonds is 4. The Kier molecular flexibility index (Phi) is 5.06. The van der Waals surface area contributed by atoms with Crippen LogP contribution in [0.2, 0.25) is 5.02 Å². The minimum absolute atomic E-state index is 0.0624.